The van der Waals surface area contributed by atoms with Gasteiger partial charge in [0.15, 0.2) is 0 Å². The highest BCUT2D eigenvalue weighted by Crippen LogP contribution is 2.33. The van der Waals surface area contributed by atoms with Crippen molar-refractivity contribution in [1.82, 2.24) is 20.3 Å². The summed E-state index contributed by atoms with van der Waals surface area (Å²) in [5.74, 6) is 0.0260. The van der Waals surface area contributed by atoms with Gasteiger partial charge in [0.2, 0.25) is 0 Å². The number of pyridine rings is 1. The van der Waals surface area contributed by atoms with Crippen LogP contribution < -0.4 is 21.5 Å². The van der Waals surface area contributed by atoms with Crippen LogP contribution in [0.25, 0.3) is 0 Å². The molecule has 3 aromatic rings. The highest BCUT2D eigenvalue weighted by Gasteiger charge is 2.26. The summed E-state index contributed by atoms with van der Waals surface area (Å²) in [5, 5.41) is 3.00. The molecule has 1 saturated carbocycles. The van der Waals surface area contributed by atoms with Crippen LogP contribution in [0, 0.1) is 0 Å². The number of rotatable bonds is 5. The normalized spacial score (nSPS) is 18.4. The number of carbonyl (C=O) groups excluding carboxylic acids is 1. The van der Waals surface area contributed by atoms with Gasteiger partial charge in [-0.3, -0.25) is 19.6 Å². The Morgan fingerprint density at radius 2 is 1.77 bits per heavy atom. The van der Waals surface area contributed by atoms with Gasteiger partial charge in [-0.1, -0.05) is 30.3 Å². The van der Waals surface area contributed by atoms with Crippen molar-refractivity contribution in [1.29, 1.82) is 0 Å². The van der Waals surface area contributed by atoms with E-state index in [1.807, 2.05) is 18.2 Å². The third-order valence-electron chi connectivity index (χ3n) is 5.85. The number of amides is 1. The van der Waals surface area contributed by atoms with Crippen LogP contribution >= 0.6 is 0 Å². The molecule has 1 aliphatic carbocycles. The fourth-order valence-electron chi connectivity index (χ4n) is 4.20. The van der Waals surface area contributed by atoms with E-state index in [0.29, 0.717) is 11.6 Å². The third kappa shape index (κ3) is 4.58. The topological polar surface area (TPSA) is 111 Å². The number of carbonyl (C=O) groups is 1. The lowest BCUT2D eigenvalue weighted by molar-refractivity contribution is 0.0920. The molecule has 8 nitrogen and oxygen atoms in total. The Bertz CT molecular complexity index is 1150. The van der Waals surface area contributed by atoms with Gasteiger partial charge in [-0.15, -0.1) is 0 Å². The number of hydrogen-bond donors (Lipinski definition) is 3. The minimum absolute atomic E-state index is 0.00759. The predicted molar refractivity (Wildman–Crippen MR) is 119 cm³/mol. The minimum atomic E-state index is -0.716. The highest BCUT2D eigenvalue weighted by atomic mass is 16.2. The highest BCUT2D eigenvalue weighted by molar-refractivity contribution is 5.98. The van der Waals surface area contributed by atoms with Gasteiger partial charge in [-0.05, 0) is 49.3 Å². The van der Waals surface area contributed by atoms with Crippen LogP contribution in [0.15, 0.2) is 64.4 Å². The van der Waals surface area contributed by atoms with Gasteiger partial charge in [-0.25, -0.2) is 4.79 Å². The zero-order chi connectivity index (χ0) is 21.8. The van der Waals surface area contributed by atoms with Crippen molar-refractivity contribution in [2.75, 3.05) is 11.9 Å². The lowest BCUT2D eigenvalue weighted by Crippen LogP contribution is -2.41. The van der Waals surface area contributed by atoms with E-state index in [-0.39, 0.29) is 17.4 Å². The number of aromatic amines is 2. The molecule has 0 spiro atoms. The quantitative estimate of drug-likeness (QED) is 0.589. The Hall–Kier alpha value is -3.68. The van der Waals surface area contributed by atoms with Gasteiger partial charge in [0.1, 0.15) is 11.4 Å². The van der Waals surface area contributed by atoms with Crippen molar-refractivity contribution in [3.05, 3.63) is 87.0 Å². The molecule has 0 saturated heterocycles. The summed E-state index contributed by atoms with van der Waals surface area (Å²) in [6, 6.07) is 13.9. The van der Waals surface area contributed by atoms with E-state index in [0.717, 1.165) is 25.7 Å². The number of nitrogens with zero attached hydrogens (tertiary/aromatic N) is 2. The molecule has 31 heavy (non-hydrogen) atoms. The van der Waals surface area contributed by atoms with Crippen LogP contribution in [0.3, 0.4) is 0 Å². The molecule has 1 aliphatic rings. The number of aromatic nitrogens is 3. The summed E-state index contributed by atoms with van der Waals surface area (Å²) in [4.78, 5) is 47.8. The van der Waals surface area contributed by atoms with Gasteiger partial charge in [-0.2, -0.15) is 0 Å². The summed E-state index contributed by atoms with van der Waals surface area (Å²) in [7, 11) is 1.65. The molecule has 0 atom stereocenters. The first-order valence-electron chi connectivity index (χ1n) is 10.4. The van der Waals surface area contributed by atoms with Crippen molar-refractivity contribution in [3.63, 3.8) is 0 Å². The monoisotopic (exact) mass is 419 g/mol. The summed E-state index contributed by atoms with van der Waals surface area (Å²) in [6.45, 7) is 0. The first-order chi connectivity index (χ1) is 15.0. The fraction of sp³-hybridized carbons (Fsp3) is 0.304. The molecule has 0 radical (unpaired) electrons. The predicted octanol–water partition coefficient (Wildman–Crippen LogP) is 2.68. The van der Waals surface area contributed by atoms with E-state index in [4.69, 9.17) is 0 Å². The Morgan fingerprint density at radius 1 is 1.03 bits per heavy atom. The van der Waals surface area contributed by atoms with E-state index >= 15 is 0 Å². The second-order valence-electron chi connectivity index (χ2n) is 7.83. The van der Waals surface area contributed by atoms with Crippen LogP contribution in [0.2, 0.25) is 0 Å². The maximum absolute atomic E-state index is 13.0. The maximum atomic E-state index is 13.0. The average Bonchev–Trinajstić information content (AvgIpc) is 2.80. The first-order valence-corrected chi connectivity index (χ1v) is 10.4. The second-order valence-corrected chi connectivity index (χ2v) is 7.83. The summed E-state index contributed by atoms with van der Waals surface area (Å²) in [6.07, 6.45) is 6.83. The van der Waals surface area contributed by atoms with Gasteiger partial charge < -0.3 is 15.2 Å². The average molecular weight is 419 g/mol. The van der Waals surface area contributed by atoms with Crippen molar-refractivity contribution in [2.45, 2.75) is 37.6 Å². The van der Waals surface area contributed by atoms with Crippen LogP contribution in [0.1, 0.15) is 47.7 Å². The van der Waals surface area contributed by atoms with Gasteiger partial charge in [0, 0.05) is 19.3 Å². The van der Waals surface area contributed by atoms with E-state index in [1.54, 1.807) is 36.5 Å². The molecular formula is C23H25N5O3. The molecule has 8 heteroatoms. The molecule has 1 fully saturated rings. The zero-order valence-electron chi connectivity index (χ0n) is 17.3. The Morgan fingerprint density at radius 3 is 2.45 bits per heavy atom. The Kier molecular flexibility index (Phi) is 5.97. The standard InChI is InChI=1S/C23H25N5O3/c1-28(18-8-5-13-24-14-18)20-19(26-23(31)27-22(20)30)21(29)25-17-11-9-16(10-12-17)15-6-3-2-4-7-15/h2-8,13-14,16-17H,9-12H2,1H3,(H,25,29)(H2,26,27,30,31). The van der Waals surface area contributed by atoms with E-state index in [1.165, 1.54) is 5.56 Å². The third-order valence-corrected chi connectivity index (χ3v) is 5.85. The summed E-state index contributed by atoms with van der Waals surface area (Å²) in [5.41, 5.74) is 0.622. The first kappa shape index (κ1) is 20.6. The summed E-state index contributed by atoms with van der Waals surface area (Å²) >= 11 is 0. The largest absolute Gasteiger partial charge is 0.348 e. The molecule has 160 valence electrons. The van der Waals surface area contributed by atoms with Crippen LogP contribution in [0.5, 0.6) is 0 Å². The fourth-order valence-corrected chi connectivity index (χ4v) is 4.20. The molecule has 2 aromatic heterocycles. The minimum Gasteiger partial charge on any atom is -0.348 e. The molecule has 0 bridgehead atoms. The smallest absolute Gasteiger partial charge is 0.326 e. The van der Waals surface area contributed by atoms with E-state index < -0.39 is 17.2 Å². The maximum Gasteiger partial charge on any atom is 0.326 e. The number of nitrogens with one attached hydrogen (secondary N) is 3. The number of hydrogen-bond acceptors (Lipinski definition) is 5. The number of H-pyrrole nitrogens is 2. The number of benzene rings is 1. The molecule has 1 aromatic carbocycles. The number of anilines is 2. The van der Waals surface area contributed by atoms with Crippen molar-refractivity contribution in [3.8, 4) is 0 Å². The lowest BCUT2D eigenvalue weighted by Gasteiger charge is -2.29. The van der Waals surface area contributed by atoms with Crippen molar-refractivity contribution >= 4 is 17.3 Å². The van der Waals surface area contributed by atoms with Gasteiger partial charge >= 0.3 is 5.69 Å². The summed E-state index contributed by atoms with van der Waals surface area (Å²) < 4.78 is 0. The van der Waals surface area contributed by atoms with Crippen LogP contribution in [-0.4, -0.2) is 33.9 Å². The van der Waals surface area contributed by atoms with E-state index in [2.05, 4.69) is 32.4 Å². The molecule has 0 aliphatic heterocycles. The Labute approximate surface area is 179 Å². The molecule has 1 amide bonds. The molecule has 2 heterocycles. The van der Waals surface area contributed by atoms with Crippen LogP contribution in [-0.2, 0) is 0 Å². The second kappa shape index (κ2) is 8.99. The van der Waals surface area contributed by atoms with Crippen molar-refractivity contribution in [2.24, 2.45) is 0 Å². The SMILES string of the molecule is CN(c1cccnc1)c1c(C(=O)NC2CCC(c3ccccc3)CC2)[nH]c(=O)[nH]c1=O. The molecular weight excluding hydrogens is 394 g/mol. The van der Waals surface area contributed by atoms with Crippen LogP contribution in [0.4, 0.5) is 11.4 Å². The van der Waals surface area contributed by atoms with Gasteiger partial charge in [0.05, 0.1) is 11.9 Å². The zero-order valence-corrected chi connectivity index (χ0v) is 17.3. The van der Waals surface area contributed by atoms with Crippen molar-refractivity contribution < 1.29 is 4.79 Å². The molecule has 3 N–H and O–H groups in total. The lowest BCUT2D eigenvalue weighted by atomic mass is 9.82. The molecule has 4 rings (SSSR count). The van der Waals surface area contributed by atoms with E-state index in [9.17, 15) is 14.4 Å². The Balaban J connectivity index is 1.51. The van der Waals surface area contributed by atoms with Gasteiger partial charge in [0.25, 0.3) is 11.5 Å². The molecule has 0 unspecified atom stereocenters.